The van der Waals surface area contributed by atoms with Crippen molar-refractivity contribution >= 4 is 5.91 Å². The highest BCUT2D eigenvalue weighted by Crippen LogP contribution is 2.13. The Hall–Kier alpha value is -1.04. The van der Waals surface area contributed by atoms with E-state index in [9.17, 15) is 4.79 Å². The average Bonchev–Trinajstić information content (AvgIpc) is 2.40. The number of amides is 1. The number of hydrogen-bond donors (Lipinski definition) is 0. The van der Waals surface area contributed by atoms with Gasteiger partial charge in [0.05, 0.1) is 12.5 Å². The molecule has 0 saturated carbocycles. The second kappa shape index (κ2) is 9.94. The maximum absolute atomic E-state index is 12.0. The second-order valence-electron chi connectivity index (χ2n) is 5.22. The summed E-state index contributed by atoms with van der Waals surface area (Å²) in [7, 11) is 0. The third-order valence-corrected chi connectivity index (χ3v) is 3.66. The summed E-state index contributed by atoms with van der Waals surface area (Å²) in [4.78, 5) is 13.9. The highest BCUT2D eigenvalue weighted by atomic mass is 16.2. The van der Waals surface area contributed by atoms with Crippen molar-refractivity contribution in [3.8, 4) is 6.07 Å². The lowest BCUT2D eigenvalue weighted by Crippen LogP contribution is -2.32. The van der Waals surface area contributed by atoms with E-state index in [1.807, 2.05) is 4.90 Å². The lowest BCUT2D eigenvalue weighted by atomic mass is 10.1. The van der Waals surface area contributed by atoms with Gasteiger partial charge in [-0.2, -0.15) is 5.26 Å². The van der Waals surface area contributed by atoms with Crippen molar-refractivity contribution in [2.45, 2.75) is 70.6 Å². The Kier molecular flexibility index (Phi) is 8.29. The van der Waals surface area contributed by atoms with Crippen molar-refractivity contribution < 1.29 is 4.79 Å². The van der Waals surface area contributed by atoms with Gasteiger partial charge in [-0.15, -0.1) is 0 Å². The Balaban J connectivity index is 2.40. The quantitative estimate of drug-likeness (QED) is 0.751. The molecule has 0 N–H and O–H groups in total. The minimum absolute atomic E-state index is 0.254. The van der Waals surface area contributed by atoms with Gasteiger partial charge in [-0.3, -0.25) is 4.79 Å². The van der Waals surface area contributed by atoms with Gasteiger partial charge in [0.1, 0.15) is 0 Å². The summed E-state index contributed by atoms with van der Waals surface area (Å²) in [5.41, 5.74) is 0. The van der Waals surface area contributed by atoms with Gasteiger partial charge in [0.2, 0.25) is 5.91 Å². The zero-order chi connectivity index (χ0) is 13.1. The van der Waals surface area contributed by atoms with Crippen LogP contribution in [0.4, 0.5) is 0 Å². The van der Waals surface area contributed by atoms with E-state index in [1.54, 1.807) is 0 Å². The Morgan fingerprint density at radius 3 is 2.11 bits per heavy atom. The van der Waals surface area contributed by atoms with Crippen LogP contribution < -0.4 is 0 Å². The molecule has 0 aromatic rings. The monoisotopic (exact) mass is 250 g/mol. The number of rotatable bonds is 2. The van der Waals surface area contributed by atoms with Crippen molar-refractivity contribution in [1.82, 2.24) is 4.90 Å². The molecule has 0 aromatic carbocycles. The summed E-state index contributed by atoms with van der Waals surface area (Å²) in [6, 6.07) is 2.14. The lowest BCUT2D eigenvalue weighted by Gasteiger charge is -2.21. The van der Waals surface area contributed by atoms with Crippen molar-refractivity contribution in [2.24, 2.45) is 0 Å². The van der Waals surface area contributed by atoms with Crippen LogP contribution in [0.25, 0.3) is 0 Å². The average molecular weight is 250 g/mol. The lowest BCUT2D eigenvalue weighted by molar-refractivity contribution is -0.131. The van der Waals surface area contributed by atoms with Crippen LogP contribution >= 0.6 is 0 Å². The standard InChI is InChI=1S/C15H26N2O/c16-12-10-14-17-13-9-7-5-3-1-2-4-6-8-11-15(17)18/h1-11,13-14H2. The number of hydrogen-bond acceptors (Lipinski definition) is 2. The highest BCUT2D eigenvalue weighted by Gasteiger charge is 2.12. The van der Waals surface area contributed by atoms with Gasteiger partial charge in [-0.1, -0.05) is 44.9 Å². The maximum Gasteiger partial charge on any atom is 0.222 e. The molecular weight excluding hydrogens is 224 g/mol. The molecule has 1 rings (SSSR count). The SMILES string of the molecule is N#CCCN1CCCCCCCCCCCC1=O. The fourth-order valence-corrected chi connectivity index (χ4v) is 2.52. The smallest absolute Gasteiger partial charge is 0.222 e. The third kappa shape index (κ3) is 6.64. The minimum atomic E-state index is 0.254. The largest absolute Gasteiger partial charge is 0.342 e. The van der Waals surface area contributed by atoms with Crippen LogP contribution in [0.3, 0.4) is 0 Å². The molecule has 102 valence electrons. The van der Waals surface area contributed by atoms with E-state index < -0.39 is 0 Å². The molecule has 0 bridgehead atoms. The molecule has 0 aromatic heterocycles. The Bertz CT molecular complexity index is 270. The van der Waals surface area contributed by atoms with E-state index in [1.165, 1.54) is 44.9 Å². The molecular formula is C15H26N2O. The van der Waals surface area contributed by atoms with E-state index in [2.05, 4.69) is 6.07 Å². The molecule has 0 unspecified atom stereocenters. The molecule has 1 amide bonds. The van der Waals surface area contributed by atoms with Gasteiger partial charge >= 0.3 is 0 Å². The number of nitrogens with zero attached hydrogens (tertiary/aromatic N) is 2. The van der Waals surface area contributed by atoms with Crippen molar-refractivity contribution in [2.75, 3.05) is 13.1 Å². The van der Waals surface area contributed by atoms with E-state index in [4.69, 9.17) is 5.26 Å². The van der Waals surface area contributed by atoms with E-state index >= 15 is 0 Å². The molecule has 18 heavy (non-hydrogen) atoms. The zero-order valence-electron chi connectivity index (χ0n) is 11.5. The molecule has 0 atom stereocenters. The predicted octanol–water partition coefficient (Wildman–Crippen LogP) is 3.64. The van der Waals surface area contributed by atoms with Crippen molar-refractivity contribution in [1.29, 1.82) is 5.26 Å². The molecule has 0 spiro atoms. The molecule has 1 aliphatic heterocycles. The van der Waals surface area contributed by atoms with Crippen LogP contribution in [0.5, 0.6) is 0 Å². The summed E-state index contributed by atoms with van der Waals surface area (Å²) < 4.78 is 0. The fraction of sp³-hybridized carbons (Fsp3) is 0.867. The summed E-state index contributed by atoms with van der Waals surface area (Å²) in [5.74, 6) is 0.254. The van der Waals surface area contributed by atoms with Gasteiger partial charge in [0.25, 0.3) is 0 Å². The molecule has 1 saturated heterocycles. The number of nitriles is 1. The number of carbonyl (C=O) groups is 1. The van der Waals surface area contributed by atoms with Gasteiger partial charge in [-0.25, -0.2) is 0 Å². The van der Waals surface area contributed by atoms with Crippen molar-refractivity contribution in [3.63, 3.8) is 0 Å². The summed E-state index contributed by atoms with van der Waals surface area (Å²) in [5, 5.41) is 8.64. The molecule has 1 aliphatic rings. The van der Waals surface area contributed by atoms with Crippen LogP contribution in [-0.4, -0.2) is 23.9 Å². The molecule has 3 heteroatoms. The first-order chi connectivity index (χ1) is 8.84. The van der Waals surface area contributed by atoms with Gasteiger partial charge in [0, 0.05) is 19.5 Å². The Morgan fingerprint density at radius 1 is 0.944 bits per heavy atom. The number of carbonyl (C=O) groups excluding carboxylic acids is 1. The minimum Gasteiger partial charge on any atom is -0.342 e. The molecule has 0 radical (unpaired) electrons. The third-order valence-electron chi connectivity index (χ3n) is 3.66. The topological polar surface area (TPSA) is 44.1 Å². The van der Waals surface area contributed by atoms with Crippen molar-refractivity contribution in [3.05, 3.63) is 0 Å². The molecule has 1 fully saturated rings. The fourth-order valence-electron chi connectivity index (χ4n) is 2.52. The van der Waals surface area contributed by atoms with Gasteiger partial charge in [0.15, 0.2) is 0 Å². The van der Waals surface area contributed by atoms with E-state index in [0.717, 1.165) is 19.4 Å². The summed E-state index contributed by atoms with van der Waals surface area (Å²) in [6.45, 7) is 1.47. The second-order valence-corrected chi connectivity index (χ2v) is 5.22. The van der Waals surface area contributed by atoms with Crippen LogP contribution in [0, 0.1) is 11.3 Å². The van der Waals surface area contributed by atoms with Gasteiger partial charge in [-0.05, 0) is 12.8 Å². The van der Waals surface area contributed by atoms with E-state index in [0.29, 0.717) is 19.4 Å². The molecule has 1 heterocycles. The first-order valence-electron chi connectivity index (χ1n) is 7.49. The summed E-state index contributed by atoms with van der Waals surface area (Å²) >= 11 is 0. The first kappa shape index (κ1) is 15.0. The van der Waals surface area contributed by atoms with E-state index in [-0.39, 0.29) is 5.91 Å². The Morgan fingerprint density at radius 2 is 1.50 bits per heavy atom. The van der Waals surface area contributed by atoms with Gasteiger partial charge < -0.3 is 4.90 Å². The predicted molar refractivity (Wildman–Crippen MR) is 73.0 cm³/mol. The van der Waals surface area contributed by atoms with Crippen LogP contribution in [0.2, 0.25) is 0 Å². The first-order valence-corrected chi connectivity index (χ1v) is 7.49. The highest BCUT2D eigenvalue weighted by molar-refractivity contribution is 5.76. The molecule has 0 aliphatic carbocycles. The van der Waals surface area contributed by atoms with Crippen LogP contribution in [0.15, 0.2) is 0 Å². The van der Waals surface area contributed by atoms with Crippen LogP contribution in [0.1, 0.15) is 70.6 Å². The normalized spacial score (nSPS) is 20.4. The summed E-state index contributed by atoms with van der Waals surface area (Å²) in [6.07, 6.45) is 12.2. The van der Waals surface area contributed by atoms with Crippen LogP contribution in [-0.2, 0) is 4.79 Å². The zero-order valence-corrected chi connectivity index (χ0v) is 11.5. The maximum atomic E-state index is 12.0. The molecule has 3 nitrogen and oxygen atoms in total. The Labute approximate surface area is 111 Å².